The molecule has 0 unspecified atom stereocenters. The van der Waals surface area contributed by atoms with Crippen LogP contribution in [0.5, 0.6) is 0 Å². The van der Waals surface area contributed by atoms with Gasteiger partial charge in [0.1, 0.15) is 0 Å². The average Bonchev–Trinajstić information content (AvgIpc) is 3.67. The summed E-state index contributed by atoms with van der Waals surface area (Å²) in [5, 5.41) is 39.6. The first-order valence-electron chi connectivity index (χ1n) is 37.0. The van der Waals surface area contributed by atoms with Crippen molar-refractivity contribution in [3.8, 4) is 0 Å². The first-order valence-corrected chi connectivity index (χ1v) is 37.0. The summed E-state index contributed by atoms with van der Waals surface area (Å²) in [5.41, 5.74) is 2.39. The fourth-order valence-electron chi connectivity index (χ4n) is 8.25. The number of allylic oxidation sites excluding steroid dienone is 2. The maximum Gasteiger partial charge on any atom is 0.0395 e. The van der Waals surface area contributed by atoms with Crippen molar-refractivity contribution in [2.45, 2.75) is 158 Å². The van der Waals surface area contributed by atoms with E-state index >= 15 is 0 Å². The first kappa shape index (κ1) is 95.8. The molecule has 0 amide bonds. The molecule has 0 aromatic heterocycles. The van der Waals surface area contributed by atoms with E-state index in [9.17, 15) is 0 Å². The molecule has 2 saturated carbocycles. The number of nitrogens with one attached hydrogen (secondary N) is 13. The van der Waals surface area contributed by atoms with Crippen LogP contribution in [0.25, 0.3) is 0 Å². The minimum absolute atomic E-state index is 0.661. The van der Waals surface area contributed by atoms with Gasteiger partial charge in [0.2, 0.25) is 0 Å². The number of nitrogens with zero attached hydrogens (tertiary/aromatic N) is 5. The van der Waals surface area contributed by atoms with Crippen LogP contribution in [-0.4, -0.2) is 172 Å². The number of likely N-dealkylation sites (tertiary alicyclic amines) is 3. The van der Waals surface area contributed by atoms with Crippen LogP contribution in [-0.2, 0) is 6.54 Å². The van der Waals surface area contributed by atoms with Gasteiger partial charge >= 0.3 is 0 Å². The summed E-state index contributed by atoms with van der Waals surface area (Å²) < 4.78 is 0. The van der Waals surface area contributed by atoms with Crippen LogP contribution in [0.4, 0.5) is 5.69 Å². The van der Waals surface area contributed by atoms with Crippen molar-refractivity contribution >= 4 is 5.69 Å². The molecule has 558 valence electrons. The van der Waals surface area contributed by atoms with Crippen LogP contribution in [0.3, 0.4) is 0 Å². The van der Waals surface area contributed by atoms with Crippen LogP contribution in [0.1, 0.15) is 151 Å². The molecule has 18 heteroatoms. The van der Waals surface area contributed by atoms with Gasteiger partial charge in [0.25, 0.3) is 0 Å². The second-order valence-corrected chi connectivity index (χ2v) is 23.0. The maximum atomic E-state index is 3.36. The number of rotatable bonds is 26. The summed E-state index contributed by atoms with van der Waals surface area (Å²) in [6.45, 7) is 37.9. The summed E-state index contributed by atoms with van der Waals surface area (Å²) in [6.07, 6.45) is 55.5. The molecular weight excluding hydrogens is 1200 g/mol. The average molecular weight is 1350 g/mol. The molecule has 0 bridgehead atoms. The van der Waals surface area contributed by atoms with Crippen LogP contribution in [0.15, 0.2) is 185 Å². The van der Waals surface area contributed by atoms with Gasteiger partial charge in [-0.1, -0.05) is 102 Å². The van der Waals surface area contributed by atoms with Gasteiger partial charge in [-0.15, -0.1) is 6.58 Å². The van der Waals surface area contributed by atoms with Gasteiger partial charge in [0.05, 0.1) is 0 Å². The molecule has 4 aliphatic heterocycles. The molecule has 4 heterocycles. The Kier molecular flexibility index (Phi) is 79.8. The fourth-order valence-corrected chi connectivity index (χ4v) is 8.25. The van der Waals surface area contributed by atoms with Crippen molar-refractivity contribution in [3.63, 3.8) is 0 Å². The fraction of sp³-hybridized carbons (Fsp3) is 0.595. The maximum absolute atomic E-state index is 3.36. The van der Waals surface area contributed by atoms with E-state index in [0.717, 1.165) is 56.9 Å². The molecule has 8 rings (SSSR count). The lowest BCUT2D eigenvalue weighted by Crippen LogP contribution is -2.41. The molecule has 0 radical (unpaired) electrons. The molecule has 18 nitrogen and oxygen atoms in total. The summed E-state index contributed by atoms with van der Waals surface area (Å²) in [7, 11) is 15.5. The highest BCUT2D eigenvalue weighted by molar-refractivity contribution is 5.44. The van der Waals surface area contributed by atoms with E-state index in [1.807, 2.05) is 213 Å². The van der Waals surface area contributed by atoms with Crippen LogP contribution in [0, 0.1) is 11.8 Å². The Morgan fingerprint density at radius 1 is 0.423 bits per heavy atom. The van der Waals surface area contributed by atoms with Crippen molar-refractivity contribution in [1.82, 2.24) is 88.3 Å². The van der Waals surface area contributed by atoms with Crippen molar-refractivity contribution < 1.29 is 0 Å². The molecule has 2 aromatic rings. The Morgan fingerprint density at radius 2 is 0.794 bits per heavy atom. The Balaban J connectivity index is -0.000000497. The van der Waals surface area contributed by atoms with Gasteiger partial charge in [-0.05, 0) is 147 Å². The predicted molar refractivity (Wildman–Crippen MR) is 432 cm³/mol. The SMILES string of the molecule is C=CC.CC.CC.CCNC=CC(C)C.CCNC=CN1CCCCC1.CNC=CN1CCCCC1.CNC=CN1CCCCC1.CNC=CN1CCN(C)CC1.CNC=CNC1CC1.CNC=CNCC1CC1.CNC=CNCc1ccccc1.CNC=CNc1ccccc1. The lowest BCUT2D eigenvalue weighted by Gasteiger charge is -2.31. The third-order valence-electron chi connectivity index (χ3n) is 13.9. The standard InChI is InChI=1S/C10H14N2.C9H12N2.C9H18N2.C8H17N3.2C8H16N2.C7H14N2.C7H15N.C6H12N2.C3H6.2C2H6/c1-11-7-8-12-9-10-5-3-2-4-6-10;1-10-7-8-11-9-5-3-2-4-6-9;1-2-10-6-9-11-7-4-3-5-8-11;1-9-3-4-11-7-5-10(2)6-8-11;2*1-9-5-8-10-6-3-2-4-7-10;1-8-4-5-9-6-7-2-3-7;1-4-8-6-5-7(2)3;1-7-4-5-8-6-2-3-6;1-3-2;2*1-2/h2-8,11-12H,9H2,1H3;2-8,10-11H,1H3;6,9-10H,2-5,7-8H2,1H3;3-4,9H,5-8H2,1-2H3;2*5,8-9H,2-4,6-7H2,1H3;4-5,7-9H,2-3,6H2,1H3;5-8H,4H2,1-3H3;4-8H,2-3H2,1H3;3H,1H2,2H3;2*1-2H3. The predicted octanol–water partition coefficient (Wildman–Crippen LogP) is 13.2. The minimum Gasteiger partial charge on any atom is -0.393 e. The van der Waals surface area contributed by atoms with Crippen molar-refractivity contribution in [1.29, 1.82) is 0 Å². The lowest BCUT2D eigenvalue weighted by molar-refractivity contribution is 0.198. The minimum atomic E-state index is 0.661. The summed E-state index contributed by atoms with van der Waals surface area (Å²) in [4.78, 5) is 11.8. The van der Waals surface area contributed by atoms with Gasteiger partial charge in [0.15, 0.2) is 0 Å². The summed E-state index contributed by atoms with van der Waals surface area (Å²) in [6, 6.07) is 21.1. The lowest BCUT2D eigenvalue weighted by atomic mass is 10.1. The zero-order valence-electron chi connectivity index (χ0n) is 65.0. The molecule has 97 heavy (non-hydrogen) atoms. The zero-order chi connectivity index (χ0) is 72.6. The molecule has 4 saturated heterocycles. The number of hydrogen-bond donors (Lipinski definition) is 13. The van der Waals surface area contributed by atoms with Gasteiger partial charge < -0.3 is 93.6 Å². The highest BCUT2D eigenvalue weighted by Gasteiger charge is 2.20. The molecule has 6 fully saturated rings. The number of piperazine rings is 1. The molecule has 6 aliphatic rings. The number of benzene rings is 2. The van der Waals surface area contributed by atoms with Crippen LogP contribution < -0.4 is 69.1 Å². The number of anilines is 1. The molecular formula is C79H152N18. The third-order valence-corrected chi connectivity index (χ3v) is 13.9. The number of likely N-dealkylation sites (N-methyl/N-ethyl adjacent to an activating group) is 1. The summed E-state index contributed by atoms with van der Waals surface area (Å²) >= 11 is 0. The topological polar surface area (TPSA) is 173 Å². The van der Waals surface area contributed by atoms with E-state index in [4.69, 9.17) is 0 Å². The second kappa shape index (κ2) is 80.8. The molecule has 0 spiro atoms. The van der Waals surface area contributed by atoms with E-state index in [-0.39, 0.29) is 0 Å². The normalized spacial score (nSPS) is 15.5. The molecule has 13 N–H and O–H groups in total. The second-order valence-electron chi connectivity index (χ2n) is 23.0. The Bertz CT molecular complexity index is 2070. The highest BCUT2D eigenvalue weighted by Crippen LogP contribution is 2.27. The van der Waals surface area contributed by atoms with E-state index in [2.05, 4.69) is 178 Å². The quantitative estimate of drug-likeness (QED) is 0.0401. The van der Waals surface area contributed by atoms with Gasteiger partial charge in [-0.3, -0.25) is 0 Å². The van der Waals surface area contributed by atoms with Gasteiger partial charge in [-0.25, -0.2) is 0 Å². The van der Waals surface area contributed by atoms with Gasteiger partial charge in [-0.2, -0.15) is 0 Å². The van der Waals surface area contributed by atoms with E-state index < -0.39 is 0 Å². The number of hydrogen-bond acceptors (Lipinski definition) is 18. The van der Waals surface area contributed by atoms with E-state index in [0.29, 0.717) is 5.92 Å². The zero-order valence-corrected chi connectivity index (χ0v) is 65.0. The van der Waals surface area contributed by atoms with Crippen molar-refractivity contribution in [2.75, 3.05) is 147 Å². The third kappa shape index (κ3) is 77.3. The largest absolute Gasteiger partial charge is 0.393 e. The molecule has 2 aliphatic carbocycles. The van der Waals surface area contributed by atoms with E-state index in [1.165, 1.54) is 141 Å². The molecule has 0 atom stereocenters. The van der Waals surface area contributed by atoms with Gasteiger partial charge in [0, 0.05) is 252 Å². The smallest absolute Gasteiger partial charge is 0.0395 e. The number of para-hydroxylation sites is 1. The molecule has 2 aromatic carbocycles. The first-order chi connectivity index (χ1) is 47.5. The Hall–Kier alpha value is -7.60. The summed E-state index contributed by atoms with van der Waals surface area (Å²) in [5.74, 6) is 1.63. The Morgan fingerprint density at radius 3 is 1.19 bits per heavy atom. The van der Waals surface area contributed by atoms with Crippen molar-refractivity contribution in [2.24, 2.45) is 11.8 Å². The van der Waals surface area contributed by atoms with Crippen LogP contribution >= 0.6 is 0 Å². The number of piperidine rings is 3. The monoisotopic (exact) mass is 1350 g/mol. The Labute approximate surface area is 598 Å². The highest BCUT2D eigenvalue weighted by atomic mass is 15.2. The van der Waals surface area contributed by atoms with E-state index in [1.54, 1.807) is 6.08 Å². The van der Waals surface area contributed by atoms with Crippen LogP contribution in [0.2, 0.25) is 0 Å². The van der Waals surface area contributed by atoms with Crippen molar-refractivity contribution in [3.05, 3.63) is 190 Å².